The Balaban J connectivity index is 1.62. The van der Waals surface area contributed by atoms with Crippen molar-refractivity contribution in [3.05, 3.63) is 29.8 Å². The van der Waals surface area contributed by atoms with Crippen molar-refractivity contribution >= 4 is 17.5 Å². The molecule has 3 rings (SSSR count). The molecule has 2 fully saturated rings. The summed E-state index contributed by atoms with van der Waals surface area (Å²) in [6, 6.07) is 7.06. The van der Waals surface area contributed by atoms with Gasteiger partial charge in [0.1, 0.15) is 6.04 Å². The van der Waals surface area contributed by atoms with Crippen molar-refractivity contribution < 1.29 is 22.8 Å². The van der Waals surface area contributed by atoms with Crippen LogP contribution in [-0.2, 0) is 9.59 Å². The first kappa shape index (κ1) is 18.5. The second-order valence-electron chi connectivity index (χ2n) is 6.81. The average molecular weight is 369 g/mol. The lowest BCUT2D eigenvalue weighted by molar-refractivity contribution is -0.187. The number of anilines is 1. The van der Waals surface area contributed by atoms with Crippen LogP contribution in [0, 0.1) is 6.92 Å². The monoisotopic (exact) mass is 369 g/mol. The van der Waals surface area contributed by atoms with E-state index < -0.39 is 18.1 Å². The lowest BCUT2D eigenvalue weighted by Crippen LogP contribution is -2.55. The van der Waals surface area contributed by atoms with Gasteiger partial charge in [-0.3, -0.25) is 9.59 Å². The minimum Gasteiger partial charge on any atom is -0.368 e. The van der Waals surface area contributed by atoms with Crippen LogP contribution >= 0.6 is 0 Å². The Morgan fingerprint density at radius 2 is 1.77 bits per heavy atom. The number of alkyl halides is 3. The van der Waals surface area contributed by atoms with Gasteiger partial charge in [0, 0.05) is 38.4 Å². The molecular weight excluding hydrogens is 347 g/mol. The van der Waals surface area contributed by atoms with Gasteiger partial charge in [0.05, 0.1) is 0 Å². The van der Waals surface area contributed by atoms with Gasteiger partial charge in [-0.1, -0.05) is 12.1 Å². The summed E-state index contributed by atoms with van der Waals surface area (Å²) in [7, 11) is 0. The number of carbonyl (C=O) groups is 2. The van der Waals surface area contributed by atoms with Gasteiger partial charge in [-0.2, -0.15) is 13.2 Å². The van der Waals surface area contributed by atoms with Crippen molar-refractivity contribution in [3.8, 4) is 0 Å². The maximum Gasteiger partial charge on any atom is 0.471 e. The van der Waals surface area contributed by atoms with E-state index in [2.05, 4.69) is 11.0 Å². The van der Waals surface area contributed by atoms with E-state index in [-0.39, 0.29) is 12.5 Å². The Hall–Kier alpha value is -2.25. The Bertz CT molecular complexity index is 685. The lowest BCUT2D eigenvalue weighted by Gasteiger charge is -2.38. The Labute approximate surface area is 150 Å². The van der Waals surface area contributed by atoms with Gasteiger partial charge in [0.15, 0.2) is 0 Å². The molecule has 1 aromatic rings. The third-order valence-electron chi connectivity index (χ3n) is 5.00. The fourth-order valence-corrected chi connectivity index (χ4v) is 3.65. The van der Waals surface area contributed by atoms with Gasteiger partial charge in [-0.25, -0.2) is 0 Å². The molecule has 2 amide bonds. The molecule has 2 aliphatic heterocycles. The van der Waals surface area contributed by atoms with E-state index in [1.54, 1.807) is 4.90 Å². The molecule has 0 bridgehead atoms. The Morgan fingerprint density at radius 1 is 1.08 bits per heavy atom. The van der Waals surface area contributed by atoms with Crippen molar-refractivity contribution in [2.45, 2.75) is 32.0 Å². The third kappa shape index (κ3) is 3.78. The second kappa shape index (κ2) is 7.17. The third-order valence-corrected chi connectivity index (χ3v) is 5.00. The Morgan fingerprint density at radius 3 is 2.38 bits per heavy atom. The van der Waals surface area contributed by atoms with E-state index in [0.717, 1.165) is 11.3 Å². The molecule has 26 heavy (non-hydrogen) atoms. The molecule has 2 aliphatic rings. The van der Waals surface area contributed by atoms with Gasteiger partial charge in [0.2, 0.25) is 5.91 Å². The highest BCUT2D eigenvalue weighted by atomic mass is 19.4. The maximum atomic E-state index is 12.7. The van der Waals surface area contributed by atoms with E-state index >= 15 is 0 Å². The van der Waals surface area contributed by atoms with Gasteiger partial charge in [0.25, 0.3) is 0 Å². The number of carbonyl (C=O) groups excluding carboxylic acids is 2. The van der Waals surface area contributed by atoms with Crippen molar-refractivity contribution in [2.75, 3.05) is 37.6 Å². The van der Waals surface area contributed by atoms with Crippen LogP contribution in [-0.4, -0.2) is 66.6 Å². The topological polar surface area (TPSA) is 43.9 Å². The van der Waals surface area contributed by atoms with Crippen LogP contribution in [0.25, 0.3) is 0 Å². The number of hydrogen-bond acceptors (Lipinski definition) is 3. The highest BCUT2D eigenvalue weighted by Gasteiger charge is 2.48. The summed E-state index contributed by atoms with van der Waals surface area (Å²) in [5, 5.41) is 0. The summed E-state index contributed by atoms with van der Waals surface area (Å²) in [6.45, 7) is 4.12. The molecule has 0 spiro atoms. The smallest absolute Gasteiger partial charge is 0.368 e. The van der Waals surface area contributed by atoms with Crippen molar-refractivity contribution in [1.82, 2.24) is 9.80 Å². The summed E-state index contributed by atoms with van der Waals surface area (Å²) in [5.41, 5.74) is 2.22. The molecular formula is C18H22F3N3O2. The molecule has 142 valence electrons. The zero-order valence-corrected chi connectivity index (χ0v) is 14.6. The van der Waals surface area contributed by atoms with Crippen molar-refractivity contribution in [3.63, 3.8) is 0 Å². The van der Waals surface area contributed by atoms with Gasteiger partial charge in [-0.15, -0.1) is 0 Å². The first-order chi connectivity index (χ1) is 12.3. The molecule has 0 N–H and O–H groups in total. The second-order valence-corrected chi connectivity index (χ2v) is 6.81. The highest BCUT2D eigenvalue weighted by Crippen LogP contribution is 2.27. The maximum absolute atomic E-state index is 12.7. The van der Waals surface area contributed by atoms with E-state index in [0.29, 0.717) is 43.9 Å². The summed E-state index contributed by atoms with van der Waals surface area (Å²) < 4.78 is 38.2. The van der Waals surface area contributed by atoms with Crippen LogP contribution in [0.2, 0.25) is 0 Å². The molecule has 1 unspecified atom stereocenters. The van der Waals surface area contributed by atoms with Crippen LogP contribution in [0.4, 0.5) is 18.9 Å². The lowest BCUT2D eigenvalue weighted by atomic mass is 10.1. The fraction of sp³-hybridized carbons (Fsp3) is 0.556. The zero-order valence-electron chi connectivity index (χ0n) is 14.6. The molecule has 0 aliphatic carbocycles. The van der Waals surface area contributed by atoms with E-state index in [4.69, 9.17) is 0 Å². The number of hydrogen-bond donors (Lipinski definition) is 0. The number of likely N-dealkylation sites (tertiary alicyclic amines) is 1. The Kier molecular flexibility index (Phi) is 5.11. The number of halogens is 3. The van der Waals surface area contributed by atoms with Gasteiger partial charge in [-0.05, 0) is 37.5 Å². The SMILES string of the molecule is Cc1cccc(N2CCN(C(=O)C3CCCN3C(=O)C(F)(F)F)CC2)c1. The normalized spacial score (nSPS) is 21.2. The van der Waals surface area contributed by atoms with Crippen LogP contribution < -0.4 is 4.90 Å². The predicted molar refractivity (Wildman–Crippen MR) is 90.8 cm³/mol. The minimum absolute atomic E-state index is 0.0159. The van der Waals surface area contributed by atoms with Crippen LogP contribution in [0.5, 0.6) is 0 Å². The number of piperazine rings is 1. The summed E-state index contributed by atoms with van der Waals surface area (Å²) in [4.78, 5) is 28.7. The average Bonchev–Trinajstić information content (AvgIpc) is 3.09. The minimum atomic E-state index is -4.94. The van der Waals surface area contributed by atoms with E-state index in [1.165, 1.54) is 0 Å². The van der Waals surface area contributed by atoms with E-state index in [1.807, 2.05) is 25.1 Å². The van der Waals surface area contributed by atoms with Crippen molar-refractivity contribution in [1.29, 1.82) is 0 Å². The van der Waals surface area contributed by atoms with Crippen LogP contribution in [0.3, 0.4) is 0 Å². The molecule has 8 heteroatoms. The summed E-state index contributed by atoms with van der Waals surface area (Å²) in [6.07, 6.45) is -4.23. The van der Waals surface area contributed by atoms with Crippen molar-refractivity contribution in [2.24, 2.45) is 0 Å². The quantitative estimate of drug-likeness (QED) is 0.803. The first-order valence-corrected chi connectivity index (χ1v) is 8.75. The predicted octanol–water partition coefficient (Wildman–Crippen LogP) is 2.20. The summed E-state index contributed by atoms with van der Waals surface area (Å²) in [5.74, 6) is -2.28. The fourth-order valence-electron chi connectivity index (χ4n) is 3.65. The molecule has 0 radical (unpaired) electrons. The number of amides is 2. The number of rotatable bonds is 2. The zero-order chi connectivity index (χ0) is 18.9. The summed E-state index contributed by atoms with van der Waals surface area (Å²) >= 11 is 0. The molecule has 0 aromatic heterocycles. The number of nitrogens with zero attached hydrogens (tertiary/aromatic N) is 3. The van der Waals surface area contributed by atoms with Gasteiger partial charge >= 0.3 is 12.1 Å². The molecule has 1 aromatic carbocycles. The molecule has 5 nitrogen and oxygen atoms in total. The molecule has 1 atom stereocenters. The number of aryl methyl sites for hydroxylation is 1. The van der Waals surface area contributed by atoms with Crippen LogP contribution in [0.1, 0.15) is 18.4 Å². The number of benzene rings is 1. The first-order valence-electron chi connectivity index (χ1n) is 8.75. The highest BCUT2D eigenvalue weighted by molar-refractivity contribution is 5.90. The standard InChI is InChI=1S/C18H22F3N3O2/c1-13-4-2-5-14(12-13)22-8-10-23(11-9-22)16(25)15-6-3-7-24(15)17(26)18(19,20)21/h2,4-5,12,15H,3,6-11H2,1H3. The van der Waals surface area contributed by atoms with Crippen LogP contribution in [0.15, 0.2) is 24.3 Å². The largest absolute Gasteiger partial charge is 0.471 e. The molecule has 2 saturated heterocycles. The van der Waals surface area contributed by atoms with Gasteiger partial charge < -0.3 is 14.7 Å². The molecule has 2 heterocycles. The van der Waals surface area contributed by atoms with E-state index in [9.17, 15) is 22.8 Å². The molecule has 0 saturated carbocycles.